The van der Waals surface area contributed by atoms with E-state index in [4.69, 9.17) is 9.57 Å². The Morgan fingerprint density at radius 3 is 2.21 bits per heavy atom. The highest BCUT2D eigenvalue weighted by atomic mass is 32.2. The molecule has 12 nitrogen and oxygen atoms in total. The molecule has 0 bridgehead atoms. The average molecular weight is 565 g/mol. The number of benzene rings is 1. The average Bonchev–Trinajstić information content (AvgIpc) is 3.22. The van der Waals surface area contributed by atoms with Gasteiger partial charge in [-0.25, -0.2) is 4.79 Å². The van der Waals surface area contributed by atoms with E-state index in [1.54, 1.807) is 0 Å². The number of nitrogens with zero attached hydrogens (tertiary/aromatic N) is 1. The predicted octanol–water partition coefficient (Wildman–Crippen LogP) is 0.694. The molecular weight excluding hydrogens is 528 g/mol. The molecule has 1 aromatic carbocycles. The van der Waals surface area contributed by atoms with Crippen molar-refractivity contribution >= 4 is 47.8 Å². The standard InChI is InChI=1S/C26H36N4O8S/c1-17(2)13-20(28-24(34)19(27-16-31)11-12-39-3)25(35)29-21(15-37-14-18-7-5-4-6-8-18)26(36)38-30-22(32)9-10-23(30)33/h4-8,16-17,19-21H,9-15H2,1-3H3,(H,27,31)(H,28,34)(H,29,35)/t19-,20-,21-/m0/s1. The number of hydroxylamine groups is 2. The first-order valence-electron chi connectivity index (χ1n) is 12.6. The van der Waals surface area contributed by atoms with E-state index in [0.717, 1.165) is 5.56 Å². The van der Waals surface area contributed by atoms with Gasteiger partial charge in [0.05, 0.1) is 13.2 Å². The number of carbonyl (C=O) groups is 6. The van der Waals surface area contributed by atoms with E-state index in [1.165, 1.54) is 11.8 Å². The molecule has 214 valence electrons. The molecule has 13 heteroatoms. The Morgan fingerprint density at radius 2 is 1.62 bits per heavy atom. The van der Waals surface area contributed by atoms with Gasteiger partial charge in [-0.15, -0.1) is 5.06 Å². The summed E-state index contributed by atoms with van der Waals surface area (Å²) in [5.74, 6) is -3.00. The van der Waals surface area contributed by atoms with Gasteiger partial charge in [0, 0.05) is 12.8 Å². The lowest BCUT2D eigenvalue weighted by molar-refractivity contribution is -0.200. The van der Waals surface area contributed by atoms with E-state index >= 15 is 0 Å². The number of rotatable bonds is 17. The van der Waals surface area contributed by atoms with E-state index in [9.17, 15) is 28.8 Å². The minimum absolute atomic E-state index is 0.00991. The van der Waals surface area contributed by atoms with Crippen LogP contribution in [0.5, 0.6) is 0 Å². The highest BCUT2D eigenvalue weighted by molar-refractivity contribution is 7.98. The SMILES string of the molecule is CSCC[C@H](NC=O)C(=O)N[C@@H](CC(C)C)C(=O)N[C@@H](COCc1ccccc1)C(=O)ON1C(=O)CCC1=O. The summed E-state index contributed by atoms with van der Waals surface area (Å²) in [7, 11) is 0. The van der Waals surface area contributed by atoms with Gasteiger partial charge in [0.2, 0.25) is 18.2 Å². The Balaban J connectivity index is 2.15. The van der Waals surface area contributed by atoms with Crippen LogP contribution in [0, 0.1) is 5.92 Å². The third-order valence-electron chi connectivity index (χ3n) is 5.72. The number of hydrogen-bond donors (Lipinski definition) is 3. The number of amides is 5. The van der Waals surface area contributed by atoms with Crippen LogP contribution in [0.25, 0.3) is 0 Å². The zero-order chi connectivity index (χ0) is 28.8. The van der Waals surface area contributed by atoms with Crippen molar-refractivity contribution in [1.82, 2.24) is 21.0 Å². The Bertz CT molecular complexity index is 991. The molecule has 1 aliphatic heterocycles. The van der Waals surface area contributed by atoms with Crippen LogP contribution < -0.4 is 16.0 Å². The molecule has 1 fully saturated rings. The lowest BCUT2D eigenvalue weighted by atomic mass is 10.0. The van der Waals surface area contributed by atoms with Crippen molar-refractivity contribution in [3.8, 4) is 0 Å². The molecule has 3 atom stereocenters. The van der Waals surface area contributed by atoms with Gasteiger partial charge >= 0.3 is 5.97 Å². The maximum atomic E-state index is 13.3. The van der Waals surface area contributed by atoms with Crippen LogP contribution in [0.3, 0.4) is 0 Å². The highest BCUT2D eigenvalue weighted by Crippen LogP contribution is 2.14. The number of carbonyl (C=O) groups excluding carboxylic acids is 6. The van der Waals surface area contributed by atoms with E-state index in [0.29, 0.717) is 23.6 Å². The fraction of sp³-hybridized carbons (Fsp3) is 0.538. The number of ether oxygens (including phenoxy) is 1. The maximum absolute atomic E-state index is 13.3. The van der Waals surface area contributed by atoms with Gasteiger partial charge in [0.15, 0.2) is 6.04 Å². The van der Waals surface area contributed by atoms with E-state index < -0.39 is 47.7 Å². The van der Waals surface area contributed by atoms with Crippen molar-refractivity contribution in [1.29, 1.82) is 0 Å². The molecule has 0 aliphatic carbocycles. The molecule has 0 aromatic heterocycles. The van der Waals surface area contributed by atoms with Crippen LogP contribution in [0.1, 0.15) is 45.1 Å². The topological polar surface area (TPSA) is 160 Å². The Kier molecular flexibility index (Phi) is 13.4. The molecule has 1 heterocycles. The summed E-state index contributed by atoms with van der Waals surface area (Å²) < 4.78 is 5.64. The number of imide groups is 1. The van der Waals surface area contributed by atoms with Gasteiger partial charge in [0.25, 0.3) is 11.8 Å². The second kappa shape index (κ2) is 16.5. The Hall–Kier alpha value is -3.45. The summed E-state index contributed by atoms with van der Waals surface area (Å²) >= 11 is 1.51. The van der Waals surface area contributed by atoms with Crippen molar-refractivity contribution in [2.45, 2.75) is 64.3 Å². The minimum Gasteiger partial charge on any atom is -0.374 e. The minimum atomic E-state index is -1.38. The third-order valence-corrected chi connectivity index (χ3v) is 6.36. The first kappa shape index (κ1) is 31.8. The largest absolute Gasteiger partial charge is 0.374 e. The van der Waals surface area contributed by atoms with E-state index in [2.05, 4.69) is 16.0 Å². The number of hydrogen-bond acceptors (Lipinski definition) is 9. The van der Waals surface area contributed by atoms with E-state index in [-0.39, 0.29) is 38.4 Å². The molecular formula is C26H36N4O8S. The van der Waals surface area contributed by atoms with Gasteiger partial charge in [-0.1, -0.05) is 44.2 Å². The molecule has 0 spiro atoms. The van der Waals surface area contributed by atoms with Gasteiger partial charge < -0.3 is 25.5 Å². The Morgan fingerprint density at radius 1 is 1.00 bits per heavy atom. The fourth-order valence-electron chi connectivity index (χ4n) is 3.70. The van der Waals surface area contributed by atoms with Crippen molar-refractivity contribution in [3.63, 3.8) is 0 Å². The second-order valence-electron chi connectivity index (χ2n) is 9.36. The first-order valence-corrected chi connectivity index (χ1v) is 14.0. The van der Waals surface area contributed by atoms with Crippen molar-refractivity contribution in [2.24, 2.45) is 5.92 Å². The number of thioether (sulfide) groups is 1. The summed E-state index contributed by atoms with van der Waals surface area (Å²) in [6.45, 7) is 3.53. The van der Waals surface area contributed by atoms with Gasteiger partial charge in [0.1, 0.15) is 12.1 Å². The lowest BCUT2D eigenvalue weighted by Gasteiger charge is -2.26. The molecule has 0 unspecified atom stereocenters. The molecule has 3 N–H and O–H groups in total. The zero-order valence-electron chi connectivity index (χ0n) is 22.3. The van der Waals surface area contributed by atoms with Crippen molar-refractivity contribution < 1.29 is 38.3 Å². The molecule has 5 amide bonds. The summed E-state index contributed by atoms with van der Waals surface area (Å²) in [6.07, 6.45) is 2.74. The summed E-state index contributed by atoms with van der Waals surface area (Å²) in [6, 6.07) is 5.87. The molecule has 39 heavy (non-hydrogen) atoms. The van der Waals surface area contributed by atoms with Crippen LogP contribution in [-0.2, 0) is 44.9 Å². The predicted molar refractivity (Wildman–Crippen MR) is 143 cm³/mol. The van der Waals surface area contributed by atoms with E-state index in [1.807, 2.05) is 50.4 Å². The maximum Gasteiger partial charge on any atom is 0.357 e. The molecule has 0 radical (unpaired) electrons. The highest BCUT2D eigenvalue weighted by Gasteiger charge is 2.36. The normalized spacial score (nSPS) is 15.4. The quantitative estimate of drug-likeness (QED) is 0.183. The summed E-state index contributed by atoms with van der Waals surface area (Å²) in [4.78, 5) is 79.0. The van der Waals surface area contributed by atoms with Crippen LogP contribution in [-0.4, -0.2) is 77.8 Å². The first-order chi connectivity index (χ1) is 18.7. The van der Waals surface area contributed by atoms with Crippen LogP contribution in [0.4, 0.5) is 0 Å². The molecule has 1 saturated heterocycles. The van der Waals surface area contributed by atoms with Gasteiger partial charge in [-0.2, -0.15) is 11.8 Å². The van der Waals surface area contributed by atoms with Gasteiger partial charge in [-0.3, -0.25) is 24.0 Å². The summed E-state index contributed by atoms with van der Waals surface area (Å²) in [5, 5.41) is 8.06. The molecule has 0 saturated carbocycles. The zero-order valence-corrected chi connectivity index (χ0v) is 23.2. The third kappa shape index (κ3) is 10.7. The van der Waals surface area contributed by atoms with Crippen LogP contribution in [0.15, 0.2) is 30.3 Å². The summed E-state index contributed by atoms with van der Waals surface area (Å²) in [5.41, 5.74) is 0.824. The van der Waals surface area contributed by atoms with Gasteiger partial charge in [-0.05, 0) is 36.3 Å². The molecule has 2 rings (SSSR count). The molecule has 1 aromatic rings. The lowest BCUT2D eigenvalue weighted by Crippen LogP contribution is -2.56. The second-order valence-corrected chi connectivity index (χ2v) is 10.3. The fourth-order valence-corrected chi connectivity index (χ4v) is 4.18. The smallest absolute Gasteiger partial charge is 0.357 e. The monoisotopic (exact) mass is 564 g/mol. The van der Waals surface area contributed by atoms with Crippen molar-refractivity contribution in [2.75, 3.05) is 18.6 Å². The van der Waals surface area contributed by atoms with Crippen LogP contribution >= 0.6 is 11.8 Å². The Labute approximate surface area is 231 Å². The van der Waals surface area contributed by atoms with Crippen molar-refractivity contribution in [3.05, 3.63) is 35.9 Å². The molecule has 1 aliphatic rings. The van der Waals surface area contributed by atoms with Crippen LogP contribution in [0.2, 0.25) is 0 Å². The number of nitrogens with one attached hydrogen (secondary N) is 3.